The van der Waals surface area contributed by atoms with Gasteiger partial charge in [-0.1, -0.05) is 24.3 Å². The maximum Gasteiger partial charge on any atom is 0.256 e. The number of ether oxygens (including phenoxy) is 4. The van der Waals surface area contributed by atoms with Gasteiger partial charge in [0.05, 0.1) is 12.6 Å². The van der Waals surface area contributed by atoms with E-state index in [1.54, 1.807) is 19.1 Å². The van der Waals surface area contributed by atoms with Gasteiger partial charge in [-0.2, -0.15) is 0 Å². The third-order valence-electron chi connectivity index (χ3n) is 2.65. The quantitative estimate of drug-likeness (QED) is 0.348. The van der Waals surface area contributed by atoms with Crippen LogP contribution in [0.3, 0.4) is 0 Å². The van der Waals surface area contributed by atoms with Crippen LogP contribution in [-0.2, 0) is 23.7 Å². The Balaban J connectivity index is 2.54. The van der Waals surface area contributed by atoms with E-state index in [4.69, 9.17) is 18.9 Å². The van der Waals surface area contributed by atoms with Gasteiger partial charge in [-0.05, 0) is 0 Å². The van der Waals surface area contributed by atoms with Crippen molar-refractivity contribution < 1.29 is 23.7 Å². The van der Waals surface area contributed by atoms with Crippen molar-refractivity contribution in [2.24, 2.45) is 0 Å². The van der Waals surface area contributed by atoms with E-state index in [0.29, 0.717) is 6.61 Å². The van der Waals surface area contributed by atoms with Crippen LogP contribution in [0.1, 0.15) is 0 Å². The van der Waals surface area contributed by atoms with Gasteiger partial charge in [0.15, 0.2) is 6.10 Å². The highest BCUT2D eigenvalue weighted by Crippen LogP contribution is 2.24. The van der Waals surface area contributed by atoms with Crippen molar-refractivity contribution in [2.45, 2.75) is 12.1 Å². The van der Waals surface area contributed by atoms with Gasteiger partial charge in [0.2, 0.25) is 0 Å². The van der Waals surface area contributed by atoms with Gasteiger partial charge in [0, 0.05) is 21.3 Å². The summed E-state index contributed by atoms with van der Waals surface area (Å²) in [5, 5.41) is 0. The molecule has 1 fully saturated rings. The highest BCUT2D eigenvalue weighted by Gasteiger charge is 2.46. The fourth-order valence-electron chi connectivity index (χ4n) is 1.75. The molecular weight excluding hydrogens is 250 g/mol. The summed E-state index contributed by atoms with van der Waals surface area (Å²) < 4.78 is 20.0. The number of rotatable bonds is 9. The molecule has 0 spiro atoms. The van der Waals surface area contributed by atoms with Crippen molar-refractivity contribution in [3.63, 3.8) is 0 Å². The van der Waals surface area contributed by atoms with Crippen LogP contribution in [0.15, 0.2) is 24.3 Å². The molecule has 0 N–H and O–H groups in total. The number of carbonyl (C=O) groups excluding carboxylic acids is 1. The molecule has 0 aromatic heterocycles. The predicted molar refractivity (Wildman–Crippen MR) is 69.4 cm³/mol. The first-order valence-electron chi connectivity index (χ1n) is 5.98. The topological polar surface area (TPSA) is 57.2 Å². The van der Waals surface area contributed by atoms with Gasteiger partial charge in [0.25, 0.3) is 5.91 Å². The fraction of sp³-hybridized carbons (Fsp3) is 0.615. The first kappa shape index (κ1) is 15.8. The molecule has 0 aromatic rings. The third-order valence-corrected chi connectivity index (χ3v) is 2.65. The lowest BCUT2D eigenvalue weighted by Crippen LogP contribution is -2.65. The Labute approximate surface area is 113 Å². The summed E-state index contributed by atoms with van der Waals surface area (Å²) in [6.45, 7) is 0.906. The minimum Gasteiger partial charge on any atom is -0.381 e. The molecule has 1 saturated heterocycles. The lowest BCUT2D eigenvalue weighted by Gasteiger charge is -2.44. The zero-order valence-electron chi connectivity index (χ0n) is 11.6. The van der Waals surface area contributed by atoms with Crippen LogP contribution in [0.5, 0.6) is 0 Å². The number of β-lactam (4-membered cyclic amide) rings is 1. The molecule has 0 aromatic carbocycles. The molecule has 0 aliphatic carbocycles. The van der Waals surface area contributed by atoms with Crippen LogP contribution >= 0.6 is 0 Å². The normalized spacial score (nSPS) is 23.5. The van der Waals surface area contributed by atoms with E-state index in [1.165, 1.54) is 7.11 Å². The number of nitrogens with zero attached hydrogens (tertiary/aromatic N) is 1. The first-order chi connectivity index (χ1) is 9.26. The zero-order valence-corrected chi connectivity index (χ0v) is 11.6. The summed E-state index contributed by atoms with van der Waals surface area (Å²) in [5.74, 6) is -0.0885. The SMILES string of the molecule is COCC=CC=CC1[C@@H](OCOC)C(=O)N1COC. The van der Waals surface area contributed by atoms with E-state index in [2.05, 4.69) is 0 Å². The maximum absolute atomic E-state index is 11.8. The lowest BCUT2D eigenvalue weighted by molar-refractivity contribution is -0.190. The summed E-state index contributed by atoms with van der Waals surface area (Å²) in [6, 6.07) is -0.130. The Morgan fingerprint density at radius 1 is 1.16 bits per heavy atom. The Morgan fingerprint density at radius 2 is 1.95 bits per heavy atom. The fourth-order valence-corrected chi connectivity index (χ4v) is 1.75. The smallest absolute Gasteiger partial charge is 0.256 e. The van der Waals surface area contributed by atoms with E-state index in [1.807, 2.05) is 24.3 Å². The Kier molecular flexibility index (Phi) is 7.35. The van der Waals surface area contributed by atoms with Gasteiger partial charge < -0.3 is 23.8 Å². The van der Waals surface area contributed by atoms with E-state index in [9.17, 15) is 4.79 Å². The average molecular weight is 271 g/mol. The largest absolute Gasteiger partial charge is 0.381 e. The molecule has 1 aliphatic heterocycles. The van der Waals surface area contributed by atoms with E-state index < -0.39 is 6.10 Å². The molecule has 19 heavy (non-hydrogen) atoms. The van der Waals surface area contributed by atoms with Crippen molar-refractivity contribution in [1.82, 2.24) is 4.90 Å². The highest BCUT2D eigenvalue weighted by molar-refractivity contribution is 5.89. The number of hydrogen-bond acceptors (Lipinski definition) is 5. The van der Waals surface area contributed by atoms with Gasteiger partial charge in [-0.25, -0.2) is 0 Å². The summed E-state index contributed by atoms with van der Waals surface area (Å²) in [7, 11) is 4.71. The molecule has 0 radical (unpaired) electrons. The van der Waals surface area contributed by atoms with Crippen LogP contribution in [0, 0.1) is 0 Å². The van der Waals surface area contributed by atoms with Crippen molar-refractivity contribution >= 4 is 5.91 Å². The van der Waals surface area contributed by atoms with Gasteiger partial charge in [-0.15, -0.1) is 0 Å². The molecule has 108 valence electrons. The van der Waals surface area contributed by atoms with Crippen LogP contribution < -0.4 is 0 Å². The molecule has 6 nitrogen and oxygen atoms in total. The molecule has 0 saturated carbocycles. The molecule has 1 amide bonds. The average Bonchev–Trinajstić information content (AvgIpc) is 2.42. The minimum absolute atomic E-state index is 0.0885. The number of likely N-dealkylation sites (tertiary alicyclic amines) is 1. The van der Waals surface area contributed by atoms with Crippen LogP contribution in [-0.4, -0.2) is 64.4 Å². The molecule has 6 heteroatoms. The third kappa shape index (κ3) is 4.43. The number of methoxy groups -OCH3 is 3. The lowest BCUT2D eigenvalue weighted by atomic mass is 9.98. The molecular formula is C13H21NO5. The second kappa shape index (κ2) is 8.82. The Hall–Kier alpha value is -1.21. The second-order valence-electron chi connectivity index (χ2n) is 3.98. The molecule has 1 unspecified atom stereocenters. The Morgan fingerprint density at radius 3 is 2.58 bits per heavy atom. The van der Waals surface area contributed by atoms with Crippen molar-refractivity contribution in [3.8, 4) is 0 Å². The predicted octanol–water partition coefficient (Wildman–Crippen LogP) is 0.549. The van der Waals surface area contributed by atoms with Crippen molar-refractivity contribution in [3.05, 3.63) is 24.3 Å². The van der Waals surface area contributed by atoms with Crippen LogP contribution in [0.4, 0.5) is 0 Å². The Bertz CT molecular complexity index is 329. The van der Waals surface area contributed by atoms with Crippen molar-refractivity contribution in [2.75, 3.05) is 41.5 Å². The van der Waals surface area contributed by atoms with Crippen molar-refractivity contribution in [1.29, 1.82) is 0 Å². The second-order valence-corrected chi connectivity index (χ2v) is 3.98. The molecule has 1 heterocycles. The monoisotopic (exact) mass is 271 g/mol. The molecule has 1 rings (SSSR count). The van der Waals surface area contributed by atoms with Crippen LogP contribution in [0.25, 0.3) is 0 Å². The number of amides is 1. The standard InChI is InChI=1S/C13H21NO5/c1-16-8-6-4-5-7-11-12(19-10-18-3)13(15)14(11)9-17-2/h4-7,11-12H,8-10H2,1-3H3/t11?,12-/m1/s1. The summed E-state index contributed by atoms with van der Waals surface area (Å²) in [5.41, 5.74) is 0. The van der Waals surface area contributed by atoms with Gasteiger partial charge in [0.1, 0.15) is 13.5 Å². The molecule has 2 atom stereocenters. The van der Waals surface area contributed by atoms with E-state index in [0.717, 1.165) is 0 Å². The number of carbonyl (C=O) groups is 1. The highest BCUT2D eigenvalue weighted by atomic mass is 16.7. The van der Waals surface area contributed by atoms with E-state index >= 15 is 0 Å². The number of allylic oxidation sites excluding steroid dienone is 2. The number of hydrogen-bond donors (Lipinski definition) is 0. The summed E-state index contributed by atoms with van der Waals surface area (Å²) in [6.07, 6.45) is 7.00. The molecule has 1 aliphatic rings. The van der Waals surface area contributed by atoms with Crippen LogP contribution in [0.2, 0.25) is 0 Å². The minimum atomic E-state index is -0.498. The summed E-state index contributed by atoms with van der Waals surface area (Å²) in [4.78, 5) is 13.4. The zero-order chi connectivity index (χ0) is 14.1. The molecule has 0 bridgehead atoms. The first-order valence-corrected chi connectivity index (χ1v) is 5.98. The van der Waals surface area contributed by atoms with E-state index in [-0.39, 0.29) is 25.5 Å². The summed E-state index contributed by atoms with van der Waals surface area (Å²) >= 11 is 0. The van der Waals surface area contributed by atoms with Gasteiger partial charge in [-0.3, -0.25) is 4.79 Å². The maximum atomic E-state index is 11.8. The van der Waals surface area contributed by atoms with Gasteiger partial charge >= 0.3 is 0 Å².